The summed E-state index contributed by atoms with van der Waals surface area (Å²) in [5, 5.41) is 10.4. The van der Waals surface area contributed by atoms with Gasteiger partial charge in [-0.25, -0.2) is 0 Å². The second kappa shape index (κ2) is 3.88. The van der Waals surface area contributed by atoms with Crippen LogP contribution in [0, 0.1) is 10.1 Å². The Balaban J connectivity index is 3.17. The van der Waals surface area contributed by atoms with Crippen molar-refractivity contribution in [1.82, 2.24) is 0 Å². The van der Waals surface area contributed by atoms with Gasteiger partial charge in [-0.2, -0.15) is 0 Å². The molecule has 0 saturated carbocycles. The van der Waals surface area contributed by atoms with Gasteiger partial charge >= 0.3 is 0 Å². The fourth-order valence-electron chi connectivity index (χ4n) is 0.863. The van der Waals surface area contributed by atoms with Gasteiger partial charge in [-0.3, -0.25) is 10.1 Å². The van der Waals surface area contributed by atoms with E-state index in [0.717, 1.165) is 0 Å². The van der Waals surface area contributed by atoms with Gasteiger partial charge in [-0.05, 0) is 12.1 Å². The SMILES string of the molecule is O=[N+]([O-])c1ccccc1C=CCl. The van der Waals surface area contributed by atoms with Crippen LogP contribution in [0.25, 0.3) is 6.08 Å². The monoisotopic (exact) mass is 183 g/mol. The van der Waals surface area contributed by atoms with E-state index >= 15 is 0 Å². The van der Waals surface area contributed by atoms with E-state index in [1.54, 1.807) is 18.2 Å². The lowest BCUT2D eigenvalue weighted by molar-refractivity contribution is -0.385. The lowest BCUT2D eigenvalue weighted by atomic mass is 10.2. The number of hydrogen-bond acceptors (Lipinski definition) is 2. The molecule has 0 atom stereocenters. The van der Waals surface area contributed by atoms with E-state index in [9.17, 15) is 10.1 Å². The first-order valence-corrected chi connectivity index (χ1v) is 3.69. The van der Waals surface area contributed by atoms with Crippen molar-refractivity contribution in [3.8, 4) is 0 Å². The summed E-state index contributed by atoms with van der Waals surface area (Å²) in [6.45, 7) is 0. The minimum absolute atomic E-state index is 0.0643. The van der Waals surface area contributed by atoms with Crippen molar-refractivity contribution < 1.29 is 4.92 Å². The standard InChI is InChI=1S/C8H6ClNO2/c9-6-5-7-3-1-2-4-8(7)10(11)12/h1-6H. The van der Waals surface area contributed by atoms with Gasteiger partial charge in [-0.1, -0.05) is 23.7 Å². The van der Waals surface area contributed by atoms with Crippen LogP contribution in [0.1, 0.15) is 5.56 Å². The quantitative estimate of drug-likeness (QED) is 0.523. The van der Waals surface area contributed by atoms with Crippen LogP contribution >= 0.6 is 11.6 Å². The molecule has 0 aromatic heterocycles. The number of nitrogens with zero attached hydrogens (tertiary/aromatic N) is 1. The molecule has 0 radical (unpaired) electrons. The second-order valence-corrected chi connectivity index (χ2v) is 2.36. The molecule has 12 heavy (non-hydrogen) atoms. The molecule has 62 valence electrons. The third kappa shape index (κ3) is 1.83. The van der Waals surface area contributed by atoms with E-state index in [1.807, 2.05) is 0 Å². The molecule has 0 fully saturated rings. The highest BCUT2D eigenvalue weighted by molar-refractivity contribution is 6.27. The van der Waals surface area contributed by atoms with Gasteiger partial charge in [0.05, 0.1) is 10.5 Å². The van der Waals surface area contributed by atoms with Crippen LogP contribution in [0.4, 0.5) is 5.69 Å². The fraction of sp³-hybridized carbons (Fsp3) is 0. The summed E-state index contributed by atoms with van der Waals surface area (Å²) in [5.74, 6) is 0. The maximum atomic E-state index is 10.4. The van der Waals surface area contributed by atoms with Gasteiger partial charge in [-0.15, -0.1) is 0 Å². The summed E-state index contributed by atoms with van der Waals surface area (Å²) in [7, 11) is 0. The number of benzene rings is 1. The first-order chi connectivity index (χ1) is 5.75. The summed E-state index contributed by atoms with van der Waals surface area (Å²) >= 11 is 5.31. The molecule has 0 heterocycles. The zero-order valence-electron chi connectivity index (χ0n) is 6.11. The predicted octanol–water partition coefficient (Wildman–Crippen LogP) is 2.80. The third-order valence-electron chi connectivity index (χ3n) is 1.38. The Bertz CT molecular complexity index is 323. The summed E-state index contributed by atoms with van der Waals surface area (Å²) in [5.41, 5.74) is 1.83. The Morgan fingerprint density at radius 2 is 2.08 bits per heavy atom. The van der Waals surface area contributed by atoms with Crippen molar-refractivity contribution in [2.24, 2.45) is 0 Å². The van der Waals surface area contributed by atoms with Crippen LogP contribution in [0.15, 0.2) is 29.8 Å². The number of nitro benzene ring substituents is 1. The number of hydrogen-bond donors (Lipinski definition) is 0. The van der Waals surface area contributed by atoms with Crippen LogP contribution in [-0.4, -0.2) is 4.92 Å². The highest BCUT2D eigenvalue weighted by Gasteiger charge is 2.08. The molecule has 0 saturated heterocycles. The van der Waals surface area contributed by atoms with Crippen molar-refractivity contribution in [3.05, 3.63) is 45.5 Å². The molecule has 0 aliphatic rings. The van der Waals surface area contributed by atoms with E-state index in [0.29, 0.717) is 5.56 Å². The number of halogens is 1. The van der Waals surface area contributed by atoms with Crippen molar-refractivity contribution in [1.29, 1.82) is 0 Å². The molecular formula is C8H6ClNO2. The van der Waals surface area contributed by atoms with Gasteiger partial charge in [0, 0.05) is 11.6 Å². The van der Waals surface area contributed by atoms with Crippen molar-refractivity contribution in [2.75, 3.05) is 0 Å². The van der Waals surface area contributed by atoms with Crippen LogP contribution in [0.2, 0.25) is 0 Å². The number of para-hydroxylation sites is 1. The van der Waals surface area contributed by atoms with E-state index in [1.165, 1.54) is 17.7 Å². The zero-order valence-corrected chi connectivity index (χ0v) is 6.86. The van der Waals surface area contributed by atoms with Crippen LogP contribution in [0.5, 0.6) is 0 Å². The maximum Gasteiger partial charge on any atom is 0.276 e. The molecule has 0 aliphatic heterocycles. The lowest BCUT2D eigenvalue weighted by Crippen LogP contribution is -1.89. The molecule has 4 heteroatoms. The molecule has 0 amide bonds. The molecule has 0 bridgehead atoms. The van der Waals surface area contributed by atoms with Gasteiger partial charge < -0.3 is 0 Å². The molecule has 0 spiro atoms. The fourth-order valence-corrected chi connectivity index (χ4v) is 0.998. The zero-order chi connectivity index (χ0) is 8.97. The largest absolute Gasteiger partial charge is 0.276 e. The smallest absolute Gasteiger partial charge is 0.258 e. The summed E-state index contributed by atoms with van der Waals surface area (Å²) in [6, 6.07) is 6.41. The Kier molecular flexibility index (Phi) is 2.82. The Labute approximate surface area is 74.4 Å². The highest BCUT2D eigenvalue weighted by atomic mass is 35.5. The average molecular weight is 184 g/mol. The predicted molar refractivity (Wildman–Crippen MR) is 48.0 cm³/mol. The highest BCUT2D eigenvalue weighted by Crippen LogP contribution is 2.18. The van der Waals surface area contributed by atoms with E-state index in [4.69, 9.17) is 11.6 Å². The third-order valence-corrected chi connectivity index (χ3v) is 1.50. The molecule has 1 aromatic rings. The van der Waals surface area contributed by atoms with E-state index in [2.05, 4.69) is 0 Å². The maximum absolute atomic E-state index is 10.4. The normalized spacial score (nSPS) is 10.4. The van der Waals surface area contributed by atoms with Crippen LogP contribution < -0.4 is 0 Å². The first kappa shape index (κ1) is 8.74. The van der Waals surface area contributed by atoms with Crippen LogP contribution in [0.3, 0.4) is 0 Å². The lowest BCUT2D eigenvalue weighted by Gasteiger charge is -1.94. The number of nitro groups is 1. The topological polar surface area (TPSA) is 43.1 Å². The number of rotatable bonds is 2. The minimum Gasteiger partial charge on any atom is -0.258 e. The van der Waals surface area contributed by atoms with Gasteiger partial charge in [0.15, 0.2) is 0 Å². The summed E-state index contributed by atoms with van der Waals surface area (Å²) in [4.78, 5) is 9.99. The van der Waals surface area contributed by atoms with Crippen molar-refractivity contribution in [2.45, 2.75) is 0 Å². The summed E-state index contributed by atoms with van der Waals surface area (Å²) < 4.78 is 0. The molecule has 0 N–H and O–H groups in total. The minimum atomic E-state index is -0.438. The van der Waals surface area contributed by atoms with Crippen molar-refractivity contribution >= 4 is 23.4 Å². The van der Waals surface area contributed by atoms with Gasteiger partial charge in [0.2, 0.25) is 0 Å². The Hall–Kier alpha value is -1.35. The van der Waals surface area contributed by atoms with Gasteiger partial charge in [0.25, 0.3) is 5.69 Å². The molecule has 0 aliphatic carbocycles. The molecule has 1 rings (SSSR count). The molecule has 1 aromatic carbocycles. The van der Waals surface area contributed by atoms with Crippen LogP contribution in [-0.2, 0) is 0 Å². The molecule has 3 nitrogen and oxygen atoms in total. The summed E-state index contributed by atoms with van der Waals surface area (Å²) in [6.07, 6.45) is 1.49. The molecule has 0 unspecified atom stereocenters. The van der Waals surface area contributed by atoms with E-state index in [-0.39, 0.29) is 5.69 Å². The Morgan fingerprint density at radius 3 is 2.67 bits per heavy atom. The second-order valence-electron chi connectivity index (χ2n) is 2.11. The average Bonchev–Trinajstić information content (AvgIpc) is 2.05. The van der Waals surface area contributed by atoms with Crippen molar-refractivity contribution in [3.63, 3.8) is 0 Å². The first-order valence-electron chi connectivity index (χ1n) is 3.26. The molecular weight excluding hydrogens is 178 g/mol. The van der Waals surface area contributed by atoms with Gasteiger partial charge in [0.1, 0.15) is 0 Å². The Morgan fingerprint density at radius 1 is 1.42 bits per heavy atom. The van der Waals surface area contributed by atoms with E-state index < -0.39 is 4.92 Å².